The van der Waals surface area contributed by atoms with Crippen LogP contribution in [0, 0.1) is 11.3 Å². The second-order valence-corrected chi connectivity index (χ2v) is 5.48. The molecule has 0 bridgehead atoms. The molecule has 4 N–H and O–H groups in total. The smallest absolute Gasteiger partial charge is 0.336 e. The zero-order chi connectivity index (χ0) is 14.3. The number of methoxy groups -OCH3 is 1. The topological polar surface area (TPSA) is 102 Å². The number of nitrogens with one attached hydrogen (secondary N) is 1. The molecule has 6 nitrogen and oxygen atoms in total. The van der Waals surface area contributed by atoms with Crippen molar-refractivity contribution in [3.8, 4) is 0 Å². The molecule has 0 spiro atoms. The van der Waals surface area contributed by atoms with E-state index in [0.29, 0.717) is 6.42 Å². The molecule has 106 valence electrons. The van der Waals surface area contributed by atoms with Gasteiger partial charge in [0.25, 0.3) is 0 Å². The van der Waals surface area contributed by atoms with Crippen LogP contribution in [0.25, 0.3) is 0 Å². The first-order valence-corrected chi connectivity index (χ1v) is 5.95. The van der Waals surface area contributed by atoms with Crippen molar-refractivity contribution in [3.05, 3.63) is 0 Å². The molecular weight excluding hydrogens is 236 g/mol. The number of aliphatic hydroxyl groups is 1. The van der Waals surface area contributed by atoms with Gasteiger partial charge in [-0.3, -0.25) is 4.79 Å². The Hall–Kier alpha value is -1.14. The summed E-state index contributed by atoms with van der Waals surface area (Å²) in [6.45, 7) is 6.13. The van der Waals surface area contributed by atoms with Crippen molar-refractivity contribution in [3.63, 3.8) is 0 Å². The first-order valence-electron chi connectivity index (χ1n) is 5.95. The first-order chi connectivity index (χ1) is 8.21. The second kappa shape index (κ2) is 7.33. The summed E-state index contributed by atoms with van der Waals surface area (Å²) >= 11 is 0. The largest absolute Gasteiger partial charge is 0.467 e. The standard InChI is InChI=1S/C12H24N2O4/c1-12(2,3)5-8(6-13)10(16)14-7-9(15)11(17)18-4/h8-9,15H,5-7,13H2,1-4H3,(H,14,16). The maximum Gasteiger partial charge on any atom is 0.336 e. The molecule has 0 aromatic rings. The van der Waals surface area contributed by atoms with E-state index in [4.69, 9.17) is 5.73 Å². The summed E-state index contributed by atoms with van der Waals surface area (Å²) in [5.41, 5.74) is 5.55. The predicted molar refractivity (Wildman–Crippen MR) is 67.6 cm³/mol. The normalized spacial score (nSPS) is 14.8. The molecule has 0 aliphatic carbocycles. The van der Waals surface area contributed by atoms with Gasteiger partial charge in [0, 0.05) is 6.54 Å². The van der Waals surface area contributed by atoms with Gasteiger partial charge < -0.3 is 20.9 Å². The number of hydrogen-bond acceptors (Lipinski definition) is 5. The van der Waals surface area contributed by atoms with E-state index in [1.54, 1.807) is 0 Å². The zero-order valence-electron chi connectivity index (χ0n) is 11.5. The molecular formula is C12H24N2O4. The molecule has 1 amide bonds. The van der Waals surface area contributed by atoms with E-state index in [9.17, 15) is 14.7 Å². The molecule has 0 fully saturated rings. The van der Waals surface area contributed by atoms with Crippen LogP contribution in [0.15, 0.2) is 0 Å². The fourth-order valence-corrected chi connectivity index (χ4v) is 1.58. The van der Waals surface area contributed by atoms with Crippen LogP contribution >= 0.6 is 0 Å². The summed E-state index contributed by atoms with van der Waals surface area (Å²) < 4.78 is 4.35. The lowest BCUT2D eigenvalue weighted by Crippen LogP contribution is -2.42. The third kappa shape index (κ3) is 6.56. The Morgan fingerprint density at radius 2 is 1.94 bits per heavy atom. The predicted octanol–water partition coefficient (Wildman–Crippen LogP) is -0.352. The Balaban J connectivity index is 4.25. The number of carbonyl (C=O) groups is 2. The van der Waals surface area contributed by atoms with Crippen LogP contribution in [0.5, 0.6) is 0 Å². The van der Waals surface area contributed by atoms with E-state index < -0.39 is 12.1 Å². The molecule has 0 radical (unpaired) electrons. The van der Waals surface area contributed by atoms with Gasteiger partial charge in [-0.2, -0.15) is 0 Å². The highest BCUT2D eigenvalue weighted by atomic mass is 16.5. The van der Waals surface area contributed by atoms with E-state index in [2.05, 4.69) is 10.1 Å². The van der Waals surface area contributed by atoms with Gasteiger partial charge in [-0.25, -0.2) is 4.79 Å². The van der Waals surface area contributed by atoms with E-state index in [-0.39, 0.29) is 30.3 Å². The molecule has 18 heavy (non-hydrogen) atoms. The Morgan fingerprint density at radius 3 is 2.33 bits per heavy atom. The maximum absolute atomic E-state index is 11.8. The number of rotatable bonds is 6. The van der Waals surface area contributed by atoms with Gasteiger partial charge in [0.15, 0.2) is 6.10 Å². The van der Waals surface area contributed by atoms with Crippen LogP contribution in [-0.2, 0) is 14.3 Å². The number of amides is 1. The highest BCUT2D eigenvalue weighted by molar-refractivity contribution is 5.80. The monoisotopic (exact) mass is 260 g/mol. The lowest BCUT2D eigenvalue weighted by Gasteiger charge is -2.24. The molecule has 0 saturated carbocycles. The molecule has 0 aromatic carbocycles. The van der Waals surface area contributed by atoms with E-state index in [0.717, 1.165) is 0 Å². The van der Waals surface area contributed by atoms with Crippen LogP contribution in [0.2, 0.25) is 0 Å². The van der Waals surface area contributed by atoms with Crippen LogP contribution in [0.1, 0.15) is 27.2 Å². The second-order valence-electron chi connectivity index (χ2n) is 5.48. The van der Waals surface area contributed by atoms with Gasteiger partial charge in [0.05, 0.1) is 19.6 Å². The third-order valence-corrected chi connectivity index (χ3v) is 2.46. The summed E-state index contributed by atoms with van der Waals surface area (Å²) in [7, 11) is 1.18. The van der Waals surface area contributed by atoms with Gasteiger partial charge in [-0.1, -0.05) is 20.8 Å². The molecule has 2 atom stereocenters. The summed E-state index contributed by atoms with van der Waals surface area (Å²) in [4.78, 5) is 22.8. The van der Waals surface area contributed by atoms with Crippen molar-refractivity contribution in [2.24, 2.45) is 17.1 Å². The molecule has 0 heterocycles. The van der Waals surface area contributed by atoms with Crippen LogP contribution in [0.4, 0.5) is 0 Å². The number of esters is 1. The van der Waals surface area contributed by atoms with Crippen molar-refractivity contribution in [1.29, 1.82) is 0 Å². The maximum atomic E-state index is 11.8. The van der Waals surface area contributed by atoms with Gasteiger partial charge in [-0.05, 0) is 11.8 Å². The minimum atomic E-state index is -1.34. The van der Waals surface area contributed by atoms with Crippen molar-refractivity contribution in [1.82, 2.24) is 5.32 Å². The van der Waals surface area contributed by atoms with Gasteiger partial charge in [-0.15, -0.1) is 0 Å². The molecule has 2 unspecified atom stereocenters. The number of aliphatic hydroxyl groups excluding tert-OH is 1. The fourth-order valence-electron chi connectivity index (χ4n) is 1.58. The molecule has 0 rings (SSSR count). The number of carbonyl (C=O) groups excluding carboxylic acids is 2. The first kappa shape index (κ1) is 16.9. The van der Waals surface area contributed by atoms with Crippen LogP contribution in [-0.4, -0.2) is 43.3 Å². The van der Waals surface area contributed by atoms with Crippen molar-refractivity contribution in [2.45, 2.75) is 33.3 Å². The Labute approximate surface area is 108 Å². The van der Waals surface area contributed by atoms with Gasteiger partial charge in [0.2, 0.25) is 5.91 Å². The molecule has 0 aliphatic heterocycles. The molecule has 0 aliphatic rings. The van der Waals surface area contributed by atoms with Gasteiger partial charge in [0.1, 0.15) is 0 Å². The van der Waals surface area contributed by atoms with E-state index in [1.165, 1.54) is 7.11 Å². The van der Waals surface area contributed by atoms with Crippen molar-refractivity contribution >= 4 is 11.9 Å². The fraction of sp³-hybridized carbons (Fsp3) is 0.833. The summed E-state index contributed by atoms with van der Waals surface area (Å²) in [6, 6.07) is 0. The van der Waals surface area contributed by atoms with Crippen molar-refractivity contribution in [2.75, 3.05) is 20.2 Å². The molecule has 6 heteroatoms. The Kier molecular flexibility index (Phi) is 6.86. The van der Waals surface area contributed by atoms with Gasteiger partial charge >= 0.3 is 5.97 Å². The SMILES string of the molecule is COC(=O)C(O)CNC(=O)C(CN)CC(C)(C)C. The molecule has 0 aromatic heterocycles. The Morgan fingerprint density at radius 1 is 1.39 bits per heavy atom. The lowest BCUT2D eigenvalue weighted by molar-refractivity contribution is -0.150. The summed E-state index contributed by atoms with van der Waals surface area (Å²) in [6.07, 6.45) is -0.698. The average Bonchev–Trinajstić information content (AvgIpc) is 2.30. The highest BCUT2D eigenvalue weighted by Gasteiger charge is 2.25. The number of ether oxygens (including phenoxy) is 1. The minimum absolute atomic E-state index is 0.0116. The van der Waals surface area contributed by atoms with Crippen LogP contribution < -0.4 is 11.1 Å². The lowest BCUT2D eigenvalue weighted by atomic mass is 9.84. The van der Waals surface area contributed by atoms with Crippen molar-refractivity contribution < 1.29 is 19.4 Å². The highest BCUT2D eigenvalue weighted by Crippen LogP contribution is 2.23. The average molecular weight is 260 g/mol. The summed E-state index contributed by atoms with van der Waals surface area (Å²) in [5, 5.41) is 11.8. The zero-order valence-corrected chi connectivity index (χ0v) is 11.5. The number of nitrogens with two attached hydrogens (primary N) is 1. The minimum Gasteiger partial charge on any atom is -0.467 e. The third-order valence-electron chi connectivity index (χ3n) is 2.46. The van der Waals surface area contributed by atoms with E-state index in [1.807, 2.05) is 20.8 Å². The van der Waals surface area contributed by atoms with E-state index >= 15 is 0 Å². The number of hydrogen-bond donors (Lipinski definition) is 3. The Bertz CT molecular complexity index is 286. The quantitative estimate of drug-likeness (QED) is 0.566. The molecule has 0 saturated heterocycles. The summed E-state index contributed by atoms with van der Waals surface area (Å²) in [5.74, 6) is -1.35. The van der Waals surface area contributed by atoms with Crippen LogP contribution in [0.3, 0.4) is 0 Å².